The lowest BCUT2D eigenvalue weighted by Gasteiger charge is -2.38. The molecule has 2 N–H and O–H groups in total. The third-order valence-corrected chi connectivity index (χ3v) is 6.83. The lowest BCUT2D eigenvalue weighted by atomic mass is 9.90. The summed E-state index contributed by atoms with van der Waals surface area (Å²) in [6.07, 6.45) is 8.15. The van der Waals surface area contributed by atoms with E-state index >= 15 is 0 Å². The Labute approximate surface area is 185 Å². The Morgan fingerprint density at radius 1 is 1.18 bits per heavy atom. The molecule has 2 bridgehead atoms. The summed E-state index contributed by atoms with van der Waals surface area (Å²) in [7, 11) is 3.55. The van der Waals surface area contributed by atoms with Crippen LogP contribution in [0.2, 0.25) is 0 Å². The number of hydrogen-bond donors (Lipinski definition) is 2. The van der Waals surface area contributed by atoms with E-state index in [9.17, 15) is 4.79 Å². The van der Waals surface area contributed by atoms with Gasteiger partial charge in [-0.25, -0.2) is 4.99 Å². The highest BCUT2D eigenvalue weighted by Crippen LogP contribution is 2.44. The molecule has 7 nitrogen and oxygen atoms in total. The van der Waals surface area contributed by atoms with Crippen LogP contribution in [0.5, 0.6) is 0 Å². The van der Waals surface area contributed by atoms with Crippen molar-refractivity contribution in [1.82, 2.24) is 15.5 Å². The molecule has 2 saturated carbocycles. The number of aliphatic imine (C=N–C) groups is 1. The Morgan fingerprint density at radius 2 is 2.04 bits per heavy atom. The van der Waals surface area contributed by atoms with Crippen LogP contribution in [-0.4, -0.2) is 74.9 Å². The van der Waals surface area contributed by atoms with Gasteiger partial charge in [0, 0.05) is 45.8 Å². The maximum atomic E-state index is 12.0. The van der Waals surface area contributed by atoms with Crippen molar-refractivity contribution in [2.75, 3.05) is 40.5 Å². The van der Waals surface area contributed by atoms with Crippen LogP contribution < -0.4 is 10.6 Å². The summed E-state index contributed by atoms with van der Waals surface area (Å²) in [5.74, 6) is 2.45. The number of likely N-dealkylation sites (N-methyl/N-ethyl adjacent to an activating group) is 1. The third-order valence-electron chi connectivity index (χ3n) is 6.83. The molecule has 0 aromatic rings. The molecule has 2 aliphatic heterocycles. The fourth-order valence-corrected chi connectivity index (χ4v) is 5.23. The van der Waals surface area contributed by atoms with Gasteiger partial charge in [-0.05, 0) is 43.9 Å². The Bertz CT molecular complexity index is 580. The molecule has 2 heterocycles. The minimum absolute atomic E-state index is 0. The Kier molecular flexibility index (Phi) is 7.47. The van der Waals surface area contributed by atoms with E-state index in [0.717, 1.165) is 50.3 Å². The summed E-state index contributed by atoms with van der Waals surface area (Å²) < 4.78 is 11.6. The molecule has 0 aromatic carbocycles. The predicted molar refractivity (Wildman–Crippen MR) is 119 cm³/mol. The summed E-state index contributed by atoms with van der Waals surface area (Å²) in [5, 5.41) is 7.28. The van der Waals surface area contributed by atoms with E-state index in [1.807, 2.05) is 0 Å². The zero-order valence-electron chi connectivity index (χ0n) is 17.1. The van der Waals surface area contributed by atoms with Crippen LogP contribution in [0.25, 0.3) is 0 Å². The van der Waals surface area contributed by atoms with E-state index in [2.05, 4.69) is 15.6 Å². The van der Waals surface area contributed by atoms with Gasteiger partial charge in [0.1, 0.15) is 6.54 Å². The average molecular weight is 506 g/mol. The standard InChI is InChI=1S/C20H34N4O3.HI/c1-24(2)18(25)12-21-19(23-17-10-14-3-4-15(17)9-14)22-16-5-7-27-20(11-16)6-8-26-13-20;/h14-17H,3-13H2,1-2H3,(H2,21,22,23);1H. The fourth-order valence-electron chi connectivity index (χ4n) is 5.23. The first kappa shape index (κ1) is 22.1. The van der Waals surface area contributed by atoms with Crippen LogP contribution in [0.3, 0.4) is 0 Å². The number of ether oxygens (including phenoxy) is 2. The lowest BCUT2D eigenvalue weighted by molar-refractivity contribution is -0.127. The van der Waals surface area contributed by atoms with Crippen LogP contribution in [0.15, 0.2) is 4.99 Å². The summed E-state index contributed by atoms with van der Waals surface area (Å²) in [6.45, 7) is 2.41. The summed E-state index contributed by atoms with van der Waals surface area (Å²) >= 11 is 0. The predicted octanol–water partition coefficient (Wildman–Crippen LogP) is 1.75. The van der Waals surface area contributed by atoms with E-state index in [1.54, 1.807) is 19.0 Å². The van der Waals surface area contributed by atoms with Crippen molar-refractivity contribution < 1.29 is 14.3 Å². The molecule has 0 radical (unpaired) electrons. The Hall–Kier alpha value is -0.610. The first-order valence-electron chi connectivity index (χ1n) is 10.5. The van der Waals surface area contributed by atoms with Gasteiger partial charge in [-0.3, -0.25) is 4.79 Å². The second kappa shape index (κ2) is 9.47. The van der Waals surface area contributed by atoms with E-state index in [1.165, 1.54) is 25.7 Å². The van der Waals surface area contributed by atoms with Crippen LogP contribution in [0, 0.1) is 11.8 Å². The van der Waals surface area contributed by atoms with Gasteiger partial charge in [0.2, 0.25) is 5.91 Å². The van der Waals surface area contributed by atoms with E-state index in [0.29, 0.717) is 18.7 Å². The quantitative estimate of drug-likeness (QED) is 0.346. The molecule has 1 amide bonds. The first-order chi connectivity index (χ1) is 13.0. The number of carbonyl (C=O) groups excluding carboxylic acids is 1. The highest BCUT2D eigenvalue weighted by atomic mass is 127. The number of hydrogen-bond acceptors (Lipinski definition) is 4. The monoisotopic (exact) mass is 506 g/mol. The van der Waals surface area contributed by atoms with Crippen molar-refractivity contribution in [3.63, 3.8) is 0 Å². The van der Waals surface area contributed by atoms with Crippen molar-refractivity contribution in [1.29, 1.82) is 0 Å². The van der Waals surface area contributed by atoms with Gasteiger partial charge in [-0.15, -0.1) is 24.0 Å². The molecule has 5 atom stereocenters. The number of amides is 1. The summed E-state index contributed by atoms with van der Waals surface area (Å²) in [4.78, 5) is 18.3. The van der Waals surface area contributed by atoms with Crippen molar-refractivity contribution in [3.05, 3.63) is 0 Å². The molecule has 4 aliphatic rings. The van der Waals surface area contributed by atoms with Crippen molar-refractivity contribution in [3.8, 4) is 0 Å². The molecule has 5 unspecified atom stereocenters. The SMILES string of the molecule is CN(C)C(=O)CN=C(NC1CCOC2(CCOC2)C1)NC1CC2CCC1C2.I. The fraction of sp³-hybridized carbons (Fsp3) is 0.900. The van der Waals surface area contributed by atoms with Gasteiger partial charge in [0.05, 0.1) is 12.2 Å². The number of fused-ring (bicyclic) bond motifs is 2. The van der Waals surface area contributed by atoms with Crippen molar-refractivity contribution in [2.45, 2.75) is 62.6 Å². The van der Waals surface area contributed by atoms with Gasteiger partial charge < -0.3 is 25.0 Å². The van der Waals surface area contributed by atoms with E-state index in [-0.39, 0.29) is 42.0 Å². The van der Waals surface area contributed by atoms with Gasteiger partial charge in [-0.2, -0.15) is 0 Å². The minimum atomic E-state index is -0.132. The molecule has 4 fully saturated rings. The minimum Gasteiger partial charge on any atom is -0.378 e. The largest absolute Gasteiger partial charge is 0.378 e. The first-order valence-corrected chi connectivity index (χ1v) is 10.5. The second-order valence-electron chi connectivity index (χ2n) is 9.05. The number of nitrogens with one attached hydrogen (secondary N) is 2. The molecule has 4 rings (SSSR count). The number of nitrogens with zero attached hydrogens (tertiary/aromatic N) is 2. The molecule has 28 heavy (non-hydrogen) atoms. The van der Waals surface area contributed by atoms with Crippen LogP contribution in [-0.2, 0) is 14.3 Å². The van der Waals surface area contributed by atoms with Crippen LogP contribution in [0.1, 0.15) is 44.9 Å². The van der Waals surface area contributed by atoms with Crippen molar-refractivity contribution >= 4 is 35.8 Å². The van der Waals surface area contributed by atoms with Gasteiger partial charge in [0.25, 0.3) is 0 Å². The number of halogens is 1. The third kappa shape index (κ3) is 5.11. The van der Waals surface area contributed by atoms with Gasteiger partial charge >= 0.3 is 0 Å². The highest BCUT2D eigenvalue weighted by molar-refractivity contribution is 14.0. The maximum absolute atomic E-state index is 12.0. The zero-order valence-corrected chi connectivity index (χ0v) is 19.4. The van der Waals surface area contributed by atoms with Gasteiger partial charge in [-0.1, -0.05) is 6.42 Å². The highest BCUT2D eigenvalue weighted by Gasteiger charge is 2.42. The maximum Gasteiger partial charge on any atom is 0.243 e. The lowest BCUT2D eigenvalue weighted by Crippen LogP contribution is -2.54. The van der Waals surface area contributed by atoms with Gasteiger partial charge in [0.15, 0.2) is 5.96 Å². The normalized spacial score (nSPS) is 37.0. The Balaban J connectivity index is 0.00000225. The molecular formula is C20H35IN4O3. The summed E-state index contributed by atoms with van der Waals surface area (Å²) in [6, 6.07) is 0.799. The average Bonchev–Trinajstić information content (AvgIpc) is 3.37. The molecule has 0 aromatic heterocycles. The smallest absolute Gasteiger partial charge is 0.243 e. The number of guanidine groups is 1. The number of carbonyl (C=O) groups is 1. The molecule has 8 heteroatoms. The zero-order chi connectivity index (χ0) is 18.9. The molecule has 2 aliphatic carbocycles. The van der Waals surface area contributed by atoms with E-state index in [4.69, 9.17) is 9.47 Å². The molecule has 1 spiro atoms. The van der Waals surface area contributed by atoms with Crippen LogP contribution >= 0.6 is 24.0 Å². The second-order valence-corrected chi connectivity index (χ2v) is 9.05. The molecular weight excluding hydrogens is 471 g/mol. The Morgan fingerprint density at radius 3 is 2.68 bits per heavy atom. The van der Waals surface area contributed by atoms with Crippen molar-refractivity contribution in [2.24, 2.45) is 16.8 Å². The topological polar surface area (TPSA) is 75.2 Å². The van der Waals surface area contributed by atoms with E-state index < -0.39 is 0 Å². The molecule has 2 saturated heterocycles. The summed E-state index contributed by atoms with van der Waals surface area (Å²) in [5.41, 5.74) is -0.132. The number of rotatable bonds is 4. The van der Waals surface area contributed by atoms with Crippen LogP contribution in [0.4, 0.5) is 0 Å². The molecule has 160 valence electrons.